The SMILES string of the molecule is CCOC(=O)C(=O)c1cc(F)cc(Br)c1O. The van der Waals surface area contributed by atoms with Gasteiger partial charge in [0.1, 0.15) is 11.6 Å². The quantitative estimate of drug-likeness (QED) is 0.526. The molecule has 1 N–H and O–H groups in total. The van der Waals surface area contributed by atoms with E-state index in [1.165, 1.54) is 6.92 Å². The Labute approximate surface area is 99.2 Å². The van der Waals surface area contributed by atoms with Crippen molar-refractivity contribution >= 4 is 27.7 Å². The Balaban J connectivity index is 3.13. The highest BCUT2D eigenvalue weighted by Gasteiger charge is 2.23. The zero-order valence-electron chi connectivity index (χ0n) is 8.29. The van der Waals surface area contributed by atoms with Crippen molar-refractivity contribution in [1.29, 1.82) is 0 Å². The molecule has 0 aliphatic carbocycles. The number of rotatable bonds is 3. The van der Waals surface area contributed by atoms with Gasteiger partial charge in [0.05, 0.1) is 16.6 Å². The standard InChI is InChI=1S/C10H8BrFO4/c1-2-16-10(15)9(14)6-3-5(12)4-7(11)8(6)13/h3-4,13H,2H2,1H3. The van der Waals surface area contributed by atoms with Gasteiger partial charge in [-0.2, -0.15) is 0 Å². The third-order valence-electron chi connectivity index (χ3n) is 1.73. The molecule has 6 heteroatoms. The van der Waals surface area contributed by atoms with Crippen molar-refractivity contribution in [3.63, 3.8) is 0 Å². The van der Waals surface area contributed by atoms with Gasteiger partial charge in [0.25, 0.3) is 5.78 Å². The number of aromatic hydroxyl groups is 1. The highest BCUT2D eigenvalue weighted by molar-refractivity contribution is 9.10. The van der Waals surface area contributed by atoms with Crippen molar-refractivity contribution in [2.45, 2.75) is 6.92 Å². The molecular formula is C10H8BrFO4. The van der Waals surface area contributed by atoms with E-state index in [0.717, 1.165) is 12.1 Å². The molecule has 0 fully saturated rings. The molecule has 0 unspecified atom stereocenters. The van der Waals surface area contributed by atoms with Crippen molar-refractivity contribution in [1.82, 2.24) is 0 Å². The molecule has 4 nitrogen and oxygen atoms in total. The van der Waals surface area contributed by atoms with Gasteiger partial charge in [0.2, 0.25) is 0 Å². The van der Waals surface area contributed by atoms with Crippen molar-refractivity contribution in [2.75, 3.05) is 6.61 Å². The highest BCUT2D eigenvalue weighted by atomic mass is 79.9. The van der Waals surface area contributed by atoms with Crippen molar-refractivity contribution < 1.29 is 23.8 Å². The van der Waals surface area contributed by atoms with Crippen LogP contribution in [-0.4, -0.2) is 23.5 Å². The number of halogens is 2. The summed E-state index contributed by atoms with van der Waals surface area (Å²) in [7, 11) is 0. The molecule has 1 rings (SSSR count). The molecule has 0 aliphatic rings. The number of carbonyl (C=O) groups excluding carboxylic acids is 2. The Hall–Kier alpha value is -1.43. The summed E-state index contributed by atoms with van der Waals surface area (Å²) in [6, 6.07) is 1.76. The third kappa shape index (κ3) is 2.57. The fourth-order valence-corrected chi connectivity index (χ4v) is 1.48. The van der Waals surface area contributed by atoms with E-state index in [-0.39, 0.29) is 11.1 Å². The maximum atomic E-state index is 13.0. The summed E-state index contributed by atoms with van der Waals surface area (Å²) >= 11 is 2.86. The average Bonchev–Trinajstić information content (AvgIpc) is 2.22. The molecule has 1 aromatic carbocycles. The average molecular weight is 291 g/mol. The first-order valence-electron chi connectivity index (χ1n) is 4.36. The molecule has 86 valence electrons. The van der Waals surface area contributed by atoms with Crippen LogP contribution in [0.5, 0.6) is 5.75 Å². The van der Waals surface area contributed by atoms with Crippen LogP contribution in [0.4, 0.5) is 4.39 Å². The van der Waals surface area contributed by atoms with Gasteiger partial charge < -0.3 is 9.84 Å². The minimum atomic E-state index is -1.13. The second-order valence-corrected chi connectivity index (χ2v) is 3.69. The summed E-state index contributed by atoms with van der Waals surface area (Å²) in [5, 5.41) is 9.47. The Morgan fingerprint density at radius 3 is 2.69 bits per heavy atom. The smallest absolute Gasteiger partial charge is 0.379 e. The molecule has 0 aromatic heterocycles. The minimum Gasteiger partial charge on any atom is -0.506 e. The molecule has 0 radical (unpaired) electrons. The van der Waals surface area contributed by atoms with Gasteiger partial charge in [-0.1, -0.05) is 0 Å². The summed E-state index contributed by atoms with van der Waals surface area (Å²) in [6.07, 6.45) is 0. The fraction of sp³-hybridized carbons (Fsp3) is 0.200. The van der Waals surface area contributed by atoms with E-state index >= 15 is 0 Å². The lowest BCUT2D eigenvalue weighted by atomic mass is 10.1. The van der Waals surface area contributed by atoms with Gasteiger partial charge in [-0.15, -0.1) is 0 Å². The van der Waals surface area contributed by atoms with E-state index in [4.69, 9.17) is 0 Å². The first kappa shape index (κ1) is 12.6. The normalized spacial score (nSPS) is 9.94. The molecule has 0 spiro atoms. The maximum Gasteiger partial charge on any atom is 0.379 e. The predicted molar refractivity (Wildman–Crippen MR) is 56.7 cm³/mol. The molecule has 0 aliphatic heterocycles. The van der Waals surface area contributed by atoms with E-state index in [2.05, 4.69) is 20.7 Å². The van der Waals surface area contributed by atoms with Crippen LogP contribution in [0.1, 0.15) is 17.3 Å². The number of hydrogen-bond donors (Lipinski definition) is 1. The minimum absolute atomic E-state index is 0.000137. The van der Waals surface area contributed by atoms with Crippen molar-refractivity contribution in [3.8, 4) is 5.75 Å². The third-order valence-corrected chi connectivity index (χ3v) is 2.34. The molecule has 0 amide bonds. The van der Waals surface area contributed by atoms with Crippen LogP contribution in [-0.2, 0) is 9.53 Å². The van der Waals surface area contributed by atoms with Crippen LogP contribution >= 0.6 is 15.9 Å². The van der Waals surface area contributed by atoms with Crippen molar-refractivity contribution in [3.05, 3.63) is 28.0 Å². The van der Waals surface area contributed by atoms with Gasteiger partial charge in [0, 0.05) is 0 Å². The topological polar surface area (TPSA) is 63.6 Å². The molecule has 0 bridgehead atoms. The van der Waals surface area contributed by atoms with Crippen LogP contribution in [0.15, 0.2) is 16.6 Å². The number of Topliss-reactive ketones (excluding diaryl/α,β-unsaturated/α-hetero) is 1. The van der Waals surface area contributed by atoms with Crippen LogP contribution in [0.25, 0.3) is 0 Å². The molecule has 1 aromatic rings. The molecular weight excluding hydrogens is 283 g/mol. The zero-order chi connectivity index (χ0) is 12.3. The van der Waals surface area contributed by atoms with E-state index in [9.17, 15) is 19.1 Å². The van der Waals surface area contributed by atoms with E-state index < -0.39 is 28.9 Å². The van der Waals surface area contributed by atoms with E-state index in [1.54, 1.807) is 0 Å². The second-order valence-electron chi connectivity index (χ2n) is 2.83. The number of carbonyl (C=O) groups is 2. The first-order valence-corrected chi connectivity index (χ1v) is 5.16. The number of esters is 1. The van der Waals surface area contributed by atoms with Crippen LogP contribution in [0, 0.1) is 5.82 Å². The molecule has 16 heavy (non-hydrogen) atoms. The Kier molecular flexibility index (Phi) is 4.00. The van der Waals surface area contributed by atoms with Gasteiger partial charge >= 0.3 is 5.97 Å². The number of ether oxygens (including phenoxy) is 1. The fourth-order valence-electron chi connectivity index (χ4n) is 1.05. The monoisotopic (exact) mass is 290 g/mol. The summed E-state index contributed by atoms with van der Waals surface area (Å²) < 4.78 is 17.4. The molecule has 0 saturated heterocycles. The summed E-state index contributed by atoms with van der Waals surface area (Å²) in [4.78, 5) is 22.5. The van der Waals surface area contributed by atoms with E-state index in [0.29, 0.717) is 0 Å². The predicted octanol–water partition coefficient (Wildman–Crippen LogP) is 2.04. The van der Waals surface area contributed by atoms with Crippen LogP contribution < -0.4 is 0 Å². The van der Waals surface area contributed by atoms with Gasteiger partial charge in [0.15, 0.2) is 0 Å². The molecule has 0 atom stereocenters. The molecule has 0 saturated carbocycles. The lowest BCUT2D eigenvalue weighted by molar-refractivity contribution is -0.137. The maximum absolute atomic E-state index is 13.0. The number of hydrogen-bond acceptors (Lipinski definition) is 4. The number of phenols is 1. The Morgan fingerprint density at radius 2 is 2.12 bits per heavy atom. The summed E-state index contributed by atoms with van der Waals surface area (Å²) in [5.74, 6) is -3.44. The number of benzene rings is 1. The van der Waals surface area contributed by atoms with Gasteiger partial charge in [-0.25, -0.2) is 9.18 Å². The number of phenolic OH excluding ortho intramolecular Hbond substituents is 1. The van der Waals surface area contributed by atoms with E-state index in [1.807, 2.05) is 0 Å². The zero-order valence-corrected chi connectivity index (χ0v) is 9.88. The Morgan fingerprint density at radius 1 is 1.50 bits per heavy atom. The second kappa shape index (κ2) is 5.07. The lowest BCUT2D eigenvalue weighted by Gasteiger charge is -2.05. The van der Waals surface area contributed by atoms with Crippen molar-refractivity contribution in [2.24, 2.45) is 0 Å². The first-order chi connectivity index (χ1) is 7.47. The highest BCUT2D eigenvalue weighted by Crippen LogP contribution is 2.29. The lowest BCUT2D eigenvalue weighted by Crippen LogP contribution is -2.17. The Bertz CT molecular complexity index is 445. The summed E-state index contributed by atoms with van der Waals surface area (Å²) in [6.45, 7) is 1.56. The summed E-state index contributed by atoms with van der Waals surface area (Å²) in [5.41, 5.74) is -0.426. The number of ketones is 1. The van der Waals surface area contributed by atoms with Crippen LogP contribution in [0.2, 0.25) is 0 Å². The largest absolute Gasteiger partial charge is 0.506 e. The van der Waals surface area contributed by atoms with Gasteiger partial charge in [-0.3, -0.25) is 4.79 Å². The van der Waals surface area contributed by atoms with Gasteiger partial charge in [-0.05, 0) is 35.0 Å². The molecule has 0 heterocycles. The van der Waals surface area contributed by atoms with Crippen LogP contribution in [0.3, 0.4) is 0 Å².